The van der Waals surface area contributed by atoms with E-state index in [1.54, 1.807) is 19.2 Å². The quantitative estimate of drug-likeness (QED) is 0.157. The molecule has 3 aromatic carbocycles. The first-order valence-corrected chi connectivity index (χ1v) is 14.5. The van der Waals surface area contributed by atoms with Gasteiger partial charge < -0.3 is 18.8 Å². The number of nitrogens with zero attached hydrogens (tertiary/aromatic N) is 5. The van der Waals surface area contributed by atoms with Gasteiger partial charge in [0.1, 0.15) is 18.0 Å². The van der Waals surface area contributed by atoms with Gasteiger partial charge in [-0.1, -0.05) is 42.5 Å². The van der Waals surface area contributed by atoms with Crippen LogP contribution in [0.2, 0.25) is 0 Å². The summed E-state index contributed by atoms with van der Waals surface area (Å²) in [5.74, 6) is 0.761. The number of nitro groups is 1. The van der Waals surface area contributed by atoms with E-state index in [1.807, 2.05) is 83.9 Å². The number of aromatic nitrogens is 2. The minimum absolute atomic E-state index is 0.00379. The fourth-order valence-electron chi connectivity index (χ4n) is 5.48. The Kier molecular flexibility index (Phi) is 8.62. The van der Waals surface area contributed by atoms with Crippen molar-refractivity contribution in [2.24, 2.45) is 0 Å². The molecule has 44 heavy (non-hydrogen) atoms. The Hall–Kier alpha value is -5.06. The lowest BCUT2D eigenvalue weighted by molar-refractivity contribution is -0.384. The van der Waals surface area contributed by atoms with E-state index < -0.39 is 0 Å². The number of rotatable bonds is 10. The maximum absolute atomic E-state index is 12.8. The second-order valence-electron chi connectivity index (χ2n) is 10.7. The number of hydrogen-bond donors (Lipinski definition) is 0. The number of hydrogen-bond acceptors (Lipinski definition) is 7. The normalized spacial score (nSPS) is 13.7. The summed E-state index contributed by atoms with van der Waals surface area (Å²) >= 11 is 0. The average Bonchev–Trinajstić information content (AvgIpc) is 3.43. The van der Waals surface area contributed by atoms with Crippen molar-refractivity contribution >= 4 is 17.2 Å². The van der Waals surface area contributed by atoms with Gasteiger partial charge >= 0.3 is 0 Å². The number of carbonyl (C=O) groups is 1. The minimum Gasteiger partial charge on any atom is -0.497 e. The monoisotopic (exact) mass is 591 g/mol. The molecular weight excluding hydrogens is 558 g/mol. The number of amides is 1. The second kappa shape index (κ2) is 13.1. The van der Waals surface area contributed by atoms with E-state index in [-0.39, 0.29) is 23.1 Å². The summed E-state index contributed by atoms with van der Waals surface area (Å²) in [7, 11) is 1.64. The highest BCUT2D eigenvalue weighted by molar-refractivity contribution is 5.77. The molecule has 0 saturated carbocycles. The molecule has 10 nitrogen and oxygen atoms in total. The lowest BCUT2D eigenvalue weighted by Crippen LogP contribution is -2.49. The minimum atomic E-state index is -0.383. The Morgan fingerprint density at radius 2 is 1.64 bits per heavy atom. The van der Waals surface area contributed by atoms with Crippen LogP contribution in [-0.2, 0) is 22.7 Å². The van der Waals surface area contributed by atoms with E-state index in [2.05, 4.69) is 9.30 Å². The van der Waals surface area contributed by atoms with Crippen LogP contribution in [0.15, 0.2) is 97.2 Å². The van der Waals surface area contributed by atoms with E-state index in [1.165, 1.54) is 6.07 Å². The predicted octanol–water partition coefficient (Wildman–Crippen LogP) is 5.45. The van der Waals surface area contributed by atoms with Crippen LogP contribution in [0.5, 0.6) is 5.75 Å². The van der Waals surface area contributed by atoms with Crippen molar-refractivity contribution < 1.29 is 19.2 Å². The zero-order chi connectivity index (χ0) is 30.5. The number of pyridine rings is 1. The standard InChI is InChI=1S/C34H33N5O5/c1-43-30-13-10-26(11-14-30)34-31(38-21-28(12-15-32(38)35-34)27-8-5-9-29(20-27)39(41)42)22-36-16-18-37(19-17-36)33(40)24-44-23-25-6-3-2-4-7-25/h2-15,20-21H,16-19,22-24H2,1H3. The van der Waals surface area contributed by atoms with E-state index in [4.69, 9.17) is 14.5 Å². The molecule has 5 aromatic rings. The zero-order valence-corrected chi connectivity index (χ0v) is 24.5. The summed E-state index contributed by atoms with van der Waals surface area (Å²) in [4.78, 5) is 33.0. The number of nitro benzene ring substituents is 1. The molecule has 1 fully saturated rings. The second-order valence-corrected chi connectivity index (χ2v) is 10.7. The molecule has 2 aromatic heterocycles. The predicted molar refractivity (Wildman–Crippen MR) is 167 cm³/mol. The molecule has 0 bridgehead atoms. The first-order valence-electron chi connectivity index (χ1n) is 14.5. The Balaban J connectivity index is 1.22. The van der Waals surface area contributed by atoms with Crippen LogP contribution in [0, 0.1) is 10.1 Å². The third kappa shape index (κ3) is 6.46. The molecule has 0 N–H and O–H groups in total. The number of piperazine rings is 1. The van der Waals surface area contributed by atoms with Crippen molar-refractivity contribution in [2.75, 3.05) is 39.9 Å². The van der Waals surface area contributed by atoms with Gasteiger partial charge in [-0.25, -0.2) is 4.98 Å². The Bertz CT molecular complexity index is 1760. The molecule has 1 aliphatic rings. The lowest BCUT2D eigenvalue weighted by atomic mass is 10.1. The van der Waals surface area contributed by atoms with Gasteiger partial charge in [-0.15, -0.1) is 0 Å². The third-order valence-corrected chi connectivity index (χ3v) is 7.91. The summed E-state index contributed by atoms with van der Waals surface area (Å²) < 4.78 is 13.1. The van der Waals surface area contributed by atoms with Crippen molar-refractivity contribution in [3.63, 3.8) is 0 Å². The number of ether oxygens (including phenoxy) is 2. The molecule has 0 radical (unpaired) electrons. The van der Waals surface area contributed by atoms with Gasteiger partial charge in [0.15, 0.2) is 0 Å². The maximum Gasteiger partial charge on any atom is 0.270 e. The van der Waals surface area contributed by atoms with Gasteiger partial charge in [-0.2, -0.15) is 0 Å². The number of non-ortho nitro benzene ring substituents is 1. The molecule has 224 valence electrons. The van der Waals surface area contributed by atoms with Crippen LogP contribution in [0.1, 0.15) is 11.3 Å². The third-order valence-electron chi connectivity index (χ3n) is 7.91. The van der Waals surface area contributed by atoms with Crippen LogP contribution in [0.4, 0.5) is 5.69 Å². The van der Waals surface area contributed by atoms with Gasteiger partial charge in [0.25, 0.3) is 5.69 Å². The van der Waals surface area contributed by atoms with Crippen molar-refractivity contribution in [1.29, 1.82) is 0 Å². The largest absolute Gasteiger partial charge is 0.497 e. The summed E-state index contributed by atoms with van der Waals surface area (Å²) in [5, 5.41) is 11.4. The average molecular weight is 592 g/mol. The number of imidazole rings is 1. The van der Waals surface area contributed by atoms with Crippen molar-refractivity contribution in [3.8, 4) is 28.1 Å². The van der Waals surface area contributed by atoms with E-state index >= 15 is 0 Å². The molecule has 3 heterocycles. The van der Waals surface area contributed by atoms with Crippen LogP contribution in [0.3, 0.4) is 0 Å². The van der Waals surface area contributed by atoms with E-state index in [9.17, 15) is 14.9 Å². The molecule has 1 amide bonds. The zero-order valence-electron chi connectivity index (χ0n) is 24.5. The molecule has 6 rings (SSSR count). The fraction of sp³-hybridized carbons (Fsp3) is 0.235. The van der Waals surface area contributed by atoms with Crippen molar-refractivity contribution in [3.05, 3.63) is 119 Å². The highest BCUT2D eigenvalue weighted by Gasteiger charge is 2.24. The first-order chi connectivity index (χ1) is 21.5. The molecule has 1 saturated heterocycles. The molecule has 10 heteroatoms. The van der Waals surface area contributed by atoms with Gasteiger partial charge in [-0.05, 0) is 53.1 Å². The summed E-state index contributed by atoms with van der Waals surface area (Å²) in [6, 6.07) is 28.2. The molecule has 0 atom stereocenters. The summed E-state index contributed by atoms with van der Waals surface area (Å²) in [6.45, 7) is 3.74. The molecule has 0 unspecified atom stereocenters. The van der Waals surface area contributed by atoms with Crippen molar-refractivity contribution in [1.82, 2.24) is 19.2 Å². The highest BCUT2D eigenvalue weighted by atomic mass is 16.6. The highest BCUT2D eigenvalue weighted by Crippen LogP contribution is 2.30. The lowest BCUT2D eigenvalue weighted by Gasteiger charge is -2.34. The van der Waals surface area contributed by atoms with Crippen LogP contribution >= 0.6 is 0 Å². The maximum atomic E-state index is 12.8. The molecule has 1 aliphatic heterocycles. The SMILES string of the molecule is COc1ccc(-c2nc3ccc(-c4cccc([N+](=O)[O-])c4)cn3c2CN2CCN(C(=O)COCc3ccccc3)CC2)cc1. The van der Waals surface area contributed by atoms with E-state index in [0.717, 1.165) is 45.0 Å². The van der Waals surface area contributed by atoms with Gasteiger partial charge in [0.2, 0.25) is 5.91 Å². The number of benzene rings is 3. The topological polar surface area (TPSA) is 102 Å². The Morgan fingerprint density at radius 3 is 2.36 bits per heavy atom. The van der Waals surface area contributed by atoms with E-state index in [0.29, 0.717) is 39.3 Å². The van der Waals surface area contributed by atoms with Crippen LogP contribution < -0.4 is 4.74 Å². The van der Waals surface area contributed by atoms with Gasteiger partial charge in [0.05, 0.1) is 30.0 Å². The smallest absolute Gasteiger partial charge is 0.270 e. The molecular formula is C34H33N5O5. The molecule has 0 spiro atoms. The summed E-state index contributed by atoms with van der Waals surface area (Å²) in [5.41, 5.74) is 6.31. The van der Waals surface area contributed by atoms with Gasteiger partial charge in [-0.3, -0.25) is 19.8 Å². The Morgan fingerprint density at radius 1 is 0.886 bits per heavy atom. The summed E-state index contributed by atoms with van der Waals surface area (Å²) in [6.07, 6.45) is 1.99. The number of carbonyl (C=O) groups excluding carboxylic acids is 1. The van der Waals surface area contributed by atoms with Crippen LogP contribution in [0.25, 0.3) is 28.0 Å². The fourth-order valence-corrected chi connectivity index (χ4v) is 5.48. The van der Waals surface area contributed by atoms with Gasteiger partial charge in [0, 0.05) is 56.6 Å². The van der Waals surface area contributed by atoms with Crippen LogP contribution in [-0.4, -0.2) is 69.9 Å². The number of methoxy groups -OCH3 is 1. The Labute approximate surface area is 255 Å². The molecule has 0 aliphatic carbocycles. The van der Waals surface area contributed by atoms with Crippen molar-refractivity contribution in [2.45, 2.75) is 13.2 Å². The first kappa shape index (κ1) is 29.0. The number of fused-ring (bicyclic) bond motifs is 1.